The van der Waals surface area contributed by atoms with E-state index in [0.717, 1.165) is 33.0 Å². The molecule has 1 saturated heterocycles. The Morgan fingerprint density at radius 3 is 2.55 bits per heavy atom. The van der Waals surface area contributed by atoms with Gasteiger partial charge in [0.15, 0.2) is 5.82 Å². The van der Waals surface area contributed by atoms with Gasteiger partial charge in [-0.25, -0.2) is 14.8 Å². The predicted molar refractivity (Wildman–Crippen MR) is 134 cm³/mol. The highest BCUT2D eigenvalue weighted by atomic mass is 35.5. The molecule has 1 aliphatic rings. The van der Waals surface area contributed by atoms with Gasteiger partial charge >= 0.3 is 6.03 Å². The maximum atomic E-state index is 12.8. The first-order valence-electron chi connectivity index (χ1n) is 10.6. The fourth-order valence-electron chi connectivity index (χ4n) is 3.84. The van der Waals surface area contributed by atoms with Gasteiger partial charge in [-0.1, -0.05) is 17.7 Å². The van der Waals surface area contributed by atoms with Gasteiger partial charge in [0.05, 0.1) is 17.5 Å². The second kappa shape index (κ2) is 9.25. The van der Waals surface area contributed by atoms with Crippen molar-refractivity contribution >= 4 is 51.4 Å². The Morgan fingerprint density at radius 2 is 1.85 bits per heavy atom. The molecule has 0 spiro atoms. The number of nitrogens with one attached hydrogen (secondary N) is 1. The highest BCUT2D eigenvalue weighted by Crippen LogP contribution is 2.31. The molecule has 0 radical (unpaired) electrons. The molecule has 7 nitrogen and oxygen atoms in total. The average Bonchev–Trinajstić information content (AvgIpc) is 3.39. The van der Waals surface area contributed by atoms with Crippen LogP contribution < -0.4 is 15.0 Å². The van der Waals surface area contributed by atoms with Gasteiger partial charge in [-0.05, 0) is 53.9 Å². The number of thiophene rings is 1. The fourth-order valence-corrected chi connectivity index (χ4v) is 4.67. The van der Waals surface area contributed by atoms with Crippen LogP contribution in [0.15, 0.2) is 60.0 Å². The number of methoxy groups -OCH3 is 1. The molecule has 0 saturated carbocycles. The first-order chi connectivity index (χ1) is 16.1. The van der Waals surface area contributed by atoms with E-state index in [0.29, 0.717) is 37.0 Å². The largest absolute Gasteiger partial charge is 0.497 e. The number of ether oxygens (including phenoxy) is 1. The number of anilines is 2. The zero-order valence-corrected chi connectivity index (χ0v) is 19.6. The molecule has 1 N–H and O–H groups in total. The number of urea groups is 1. The number of amides is 2. The molecule has 0 bridgehead atoms. The lowest BCUT2D eigenvalue weighted by Crippen LogP contribution is -2.50. The van der Waals surface area contributed by atoms with Crippen LogP contribution in [-0.4, -0.2) is 54.2 Å². The smallest absolute Gasteiger partial charge is 0.321 e. The van der Waals surface area contributed by atoms with Crippen LogP contribution in [0.2, 0.25) is 5.02 Å². The van der Waals surface area contributed by atoms with Crippen molar-refractivity contribution in [3.8, 4) is 16.5 Å². The van der Waals surface area contributed by atoms with E-state index in [1.165, 1.54) is 0 Å². The van der Waals surface area contributed by atoms with Crippen LogP contribution in [0.25, 0.3) is 21.6 Å². The molecular weight excluding hydrogens is 458 g/mol. The van der Waals surface area contributed by atoms with Crippen LogP contribution in [0.4, 0.5) is 16.3 Å². The number of halogens is 1. The SMILES string of the molecule is COc1ccc(NC(=O)N2CCN(c3nc(-c4cccs4)nc4cc(Cl)ccc34)CC2)cc1. The number of nitrogens with zero attached hydrogens (tertiary/aromatic N) is 4. The lowest BCUT2D eigenvalue weighted by atomic mass is 10.2. The molecule has 33 heavy (non-hydrogen) atoms. The minimum atomic E-state index is -0.113. The number of hydrogen-bond acceptors (Lipinski definition) is 6. The van der Waals surface area contributed by atoms with Gasteiger partial charge in [0.2, 0.25) is 0 Å². The van der Waals surface area contributed by atoms with Crippen molar-refractivity contribution in [1.82, 2.24) is 14.9 Å². The molecule has 0 atom stereocenters. The molecular formula is C24H22ClN5O2S. The van der Waals surface area contributed by atoms with Gasteiger partial charge in [-0.3, -0.25) is 0 Å². The van der Waals surface area contributed by atoms with Crippen molar-refractivity contribution in [3.63, 3.8) is 0 Å². The molecule has 0 aliphatic carbocycles. The van der Waals surface area contributed by atoms with E-state index in [1.807, 2.05) is 64.9 Å². The monoisotopic (exact) mass is 479 g/mol. The van der Waals surface area contributed by atoms with Crippen molar-refractivity contribution in [2.75, 3.05) is 43.5 Å². The van der Waals surface area contributed by atoms with Gasteiger partial charge in [0.25, 0.3) is 0 Å². The lowest BCUT2D eigenvalue weighted by Gasteiger charge is -2.35. The summed E-state index contributed by atoms with van der Waals surface area (Å²) in [5, 5.41) is 6.57. The highest BCUT2D eigenvalue weighted by Gasteiger charge is 2.24. The Labute approximate surface area is 200 Å². The summed E-state index contributed by atoms with van der Waals surface area (Å²) in [5.41, 5.74) is 1.55. The van der Waals surface area contributed by atoms with Crippen molar-refractivity contribution in [1.29, 1.82) is 0 Å². The number of piperazine rings is 1. The number of rotatable bonds is 4. The van der Waals surface area contributed by atoms with Gasteiger partial charge in [0.1, 0.15) is 11.6 Å². The van der Waals surface area contributed by atoms with Gasteiger partial charge in [-0.2, -0.15) is 0 Å². The Morgan fingerprint density at radius 1 is 1.06 bits per heavy atom. The number of hydrogen-bond donors (Lipinski definition) is 1. The Bertz CT molecular complexity index is 1270. The third-order valence-electron chi connectivity index (χ3n) is 5.59. The van der Waals surface area contributed by atoms with Gasteiger partial charge < -0.3 is 19.9 Å². The second-order valence-electron chi connectivity index (χ2n) is 7.64. The van der Waals surface area contributed by atoms with Crippen molar-refractivity contribution in [2.45, 2.75) is 0 Å². The van der Waals surface area contributed by atoms with Crippen LogP contribution in [0, 0.1) is 0 Å². The van der Waals surface area contributed by atoms with E-state index in [9.17, 15) is 4.79 Å². The van der Waals surface area contributed by atoms with Crippen LogP contribution in [-0.2, 0) is 0 Å². The summed E-state index contributed by atoms with van der Waals surface area (Å²) in [6, 6.07) is 16.9. The Kier molecular flexibility index (Phi) is 6.02. The first-order valence-corrected chi connectivity index (χ1v) is 11.8. The zero-order valence-electron chi connectivity index (χ0n) is 18.0. The summed E-state index contributed by atoms with van der Waals surface area (Å²) in [5.74, 6) is 2.31. The number of aromatic nitrogens is 2. The molecule has 3 heterocycles. The third-order valence-corrected chi connectivity index (χ3v) is 6.69. The summed E-state index contributed by atoms with van der Waals surface area (Å²) < 4.78 is 5.17. The van der Waals surface area contributed by atoms with E-state index in [-0.39, 0.29) is 6.03 Å². The number of carbonyl (C=O) groups is 1. The molecule has 1 aliphatic heterocycles. The topological polar surface area (TPSA) is 70.6 Å². The molecule has 4 aromatic rings. The van der Waals surface area contributed by atoms with Gasteiger partial charge in [-0.15, -0.1) is 11.3 Å². The lowest BCUT2D eigenvalue weighted by molar-refractivity contribution is 0.208. The summed E-state index contributed by atoms with van der Waals surface area (Å²) in [7, 11) is 1.62. The maximum Gasteiger partial charge on any atom is 0.321 e. The minimum absolute atomic E-state index is 0.113. The standard InChI is InChI=1S/C24H22ClN5O2S/c1-32-18-7-5-17(6-8-18)26-24(31)30-12-10-29(11-13-30)23-19-9-4-16(25)15-20(19)27-22(28-23)21-3-2-14-33-21/h2-9,14-15H,10-13H2,1H3,(H,26,31). The van der Waals surface area contributed by atoms with Crippen LogP contribution in [0.3, 0.4) is 0 Å². The predicted octanol–water partition coefficient (Wildman–Crippen LogP) is 5.37. The molecule has 1 fully saturated rings. The van der Waals surface area contributed by atoms with Gasteiger partial charge in [0, 0.05) is 42.3 Å². The molecule has 2 aromatic heterocycles. The van der Waals surface area contributed by atoms with Crippen molar-refractivity contribution < 1.29 is 9.53 Å². The average molecular weight is 480 g/mol. The fraction of sp³-hybridized carbons (Fsp3) is 0.208. The Balaban J connectivity index is 1.34. The number of carbonyl (C=O) groups excluding carboxylic acids is 1. The summed E-state index contributed by atoms with van der Waals surface area (Å²) in [6.45, 7) is 2.54. The minimum Gasteiger partial charge on any atom is -0.497 e. The van der Waals surface area contributed by atoms with E-state index < -0.39 is 0 Å². The van der Waals surface area contributed by atoms with E-state index in [2.05, 4.69) is 10.2 Å². The molecule has 2 aromatic carbocycles. The molecule has 9 heteroatoms. The normalized spacial score (nSPS) is 13.9. The molecule has 5 rings (SSSR count). The summed E-state index contributed by atoms with van der Waals surface area (Å²) >= 11 is 7.85. The zero-order chi connectivity index (χ0) is 22.8. The highest BCUT2D eigenvalue weighted by molar-refractivity contribution is 7.13. The number of benzene rings is 2. The van der Waals surface area contributed by atoms with Crippen LogP contribution >= 0.6 is 22.9 Å². The maximum absolute atomic E-state index is 12.8. The molecule has 2 amide bonds. The second-order valence-corrected chi connectivity index (χ2v) is 9.03. The van der Waals surface area contributed by atoms with E-state index in [4.69, 9.17) is 26.3 Å². The molecule has 168 valence electrons. The number of fused-ring (bicyclic) bond motifs is 1. The third kappa shape index (κ3) is 4.58. The first kappa shape index (κ1) is 21.5. The molecule has 0 unspecified atom stereocenters. The van der Waals surface area contributed by atoms with E-state index >= 15 is 0 Å². The summed E-state index contributed by atoms with van der Waals surface area (Å²) in [4.78, 5) is 27.4. The Hall–Kier alpha value is -3.36. The van der Waals surface area contributed by atoms with Crippen LogP contribution in [0.5, 0.6) is 5.75 Å². The van der Waals surface area contributed by atoms with E-state index in [1.54, 1.807) is 18.4 Å². The van der Waals surface area contributed by atoms with Crippen molar-refractivity contribution in [3.05, 3.63) is 65.0 Å². The quantitative estimate of drug-likeness (QED) is 0.426. The van der Waals surface area contributed by atoms with Crippen molar-refractivity contribution in [2.24, 2.45) is 0 Å². The van der Waals surface area contributed by atoms with Crippen LogP contribution in [0.1, 0.15) is 0 Å². The summed E-state index contributed by atoms with van der Waals surface area (Å²) in [6.07, 6.45) is 0.